The molecule has 0 aromatic heterocycles. The van der Waals surface area contributed by atoms with Crippen LogP contribution >= 0.6 is 23.2 Å². The van der Waals surface area contributed by atoms with Gasteiger partial charge in [-0.25, -0.2) is 0 Å². The summed E-state index contributed by atoms with van der Waals surface area (Å²) in [5.74, 6) is 0.559. The molecule has 0 saturated carbocycles. The zero-order valence-electron chi connectivity index (χ0n) is 14.9. The molecule has 2 aromatic carbocycles. The molecule has 1 saturated heterocycles. The Balaban J connectivity index is 1.52. The number of ether oxygens (including phenoxy) is 1. The zero-order valence-corrected chi connectivity index (χ0v) is 16.4. The van der Waals surface area contributed by atoms with Crippen LogP contribution in [0.4, 0.5) is 0 Å². The molecule has 2 aliphatic rings. The van der Waals surface area contributed by atoms with Crippen LogP contribution in [0.1, 0.15) is 45.5 Å². The number of amides is 1. The van der Waals surface area contributed by atoms with E-state index >= 15 is 0 Å². The number of fused-ring (bicyclic) bond motifs is 1. The number of aryl methyl sites for hydroxylation is 1. The molecule has 2 heterocycles. The van der Waals surface area contributed by atoms with Crippen LogP contribution in [0.3, 0.4) is 0 Å². The molecular weight excluding hydrogens is 385 g/mol. The Morgan fingerprint density at radius 3 is 2.52 bits per heavy atom. The number of hydrogen-bond donors (Lipinski definition) is 0. The number of Topliss-reactive ketones (excluding diaryl/α,β-unsaturated/α-hetero) is 1. The van der Waals surface area contributed by atoms with Crippen LogP contribution in [0, 0.1) is 6.92 Å². The number of nitrogens with zero attached hydrogens (tertiary/aromatic N) is 1. The van der Waals surface area contributed by atoms with Crippen LogP contribution in [0.25, 0.3) is 0 Å². The third-order valence-corrected chi connectivity index (χ3v) is 6.17. The summed E-state index contributed by atoms with van der Waals surface area (Å²) in [6, 6.07) is 10.6. The Morgan fingerprint density at radius 1 is 1.11 bits per heavy atom. The summed E-state index contributed by atoms with van der Waals surface area (Å²) in [5.41, 5.74) is 1.38. The van der Waals surface area contributed by atoms with Gasteiger partial charge in [-0.05, 0) is 36.8 Å². The van der Waals surface area contributed by atoms with Crippen molar-refractivity contribution >= 4 is 34.9 Å². The van der Waals surface area contributed by atoms with Gasteiger partial charge in [-0.3, -0.25) is 9.59 Å². The summed E-state index contributed by atoms with van der Waals surface area (Å²) in [4.78, 5) is 27.2. The van der Waals surface area contributed by atoms with Crippen molar-refractivity contribution in [2.75, 3.05) is 13.1 Å². The van der Waals surface area contributed by atoms with E-state index in [4.69, 9.17) is 27.9 Å². The Bertz CT molecular complexity index is 933. The third kappa shape index (κ3) is 3.32. The van der Waals surface area contributed by atoms with Crippen LogP contribution in [0.5, 0.6) is 5.75 Å². The lowest BCUT2D eigenvalue weighted by Gasteiger charge is -2.44. The van der Waals surface area contributed by atoms with Gasteiger partial charge in [0, 0.05) is 31.0 Å². The van der Waals surface area contributed by atoms with Crippen molar-refractivity contribution in [3.05, 3.63) is 63.1 Å². The second kappa shape index (κ2) is 6.84. The molecule has 4 rings (SSSR count). The highest BCUT2D eigenvalue weighted by atomic mass is 35.5. The van der Waals surface area contributed by atoms with Crippen molar-refractivity contribution < 1.29 is 14.3 Å². The number of carbonyl (C=O) groups is 2. The minimum atomic E-state index is -0.554. The number of hydrogen-bond acceptors (Lipinski definition) is 3. The third-order valence-electron chi connectivity index (χ3n) is 5.44. The second-order valence-electron chi connectivity index (χ2n) is 7.25. The standard InChI is InChI=1S/C21H19Cl2NO3/c1-13-10-19-15(11-17(13)23)18(25)12-21(27-19)6-8-24(9-7-21)20(26)14-4-2-3-5-16(14)22/h2-5,10-11H,6-9,12H2,1H3. The average Bonchev–Trinajstić information content (AvgIpc) is 2.64. The van der Waals surface area contributed by atoms with Crippen molar-refractivity contribution in [3.8, 4) is 5.75 Å². The molecule has 0 atom stereocenters. The molecule has 2 aromatic rings. The lowest BCUT2D eigenvalue weighted by atomic mass is 9.82. The monoisotopic (exact) mass is 403 g/mol. The Hall–Kier alpha value is -2.04. The van der Waals surface area contributed by atoms with Gasteiger partial charge in [0.05, 0.1) is 22.6 Å². The van der Waals surface area contributed by atoms with E-state index in [9.17, 15) is 9.59 Å². The van der Waals surface area contributed by atoms with Crippen LogP contribution in [0.15, 0.2) is 36.4 Å². The normalized spacial score (nSPS) is 18.2. The smallest absolute Gasteiger partial charge is 0.255 e. The number of ketones is 1. The summed E-state index contributed by atoms with van der Waals surface area (Å²) in [5, 5.41) is 1.02. The predicted molar refractivity (Wildman–Crippen MR) is 105 cm³/mol. The minimum absolute atomic E-state index is 0.0454. The number of likely N-dealkylation sites (tertiary alicyclic amines) is 1. The van der Waals surface area contributed by atoms with Gasteiger partial charge in [-0.2, -0.15) is 0 Å². The van der Waals surface area contributed by atoms with E-state index in [2.05, 4.69) is 0 Å². The van der Waals surface area contributed by atoms with Gasteiger partial charge in [0.15, 0.2) is 5.78 Å². The lowest BCUT2D eigenvalue weighted by Crippen LogP contribution is -2.52. The SMILES string of the molecule is Cc1cc2c(cc1Cl)C(=O)CC1(CCN(C(=O)c3ccccc3Cl)CC1)O2. The highest BCUT2D eigenvalue weighted by molar-refractivity contribution is 6.33. The number of piperidine rings is 1. The summed E-state index contributed by atoms with van der Waals surface area (Å²) >= 11 is 12.3. The first-order valence-corrected chi connectivity index (χ1v) is 9.70. The van der Waals surface area contributed by atoms with E-state index < -0.39 is 5.60 Å². The number of rotatable bonds is 1. The molecule has 1 fully saturated rings. The maximum absolute atomic E-state index is 12.8. The molecule has 0 unspecified atom stereocenters. The molecule has 140 valence electrons. The molecule has 4 nitrogen and oxygen atoms in total. The second-order valence-corrected chi connectivity index (χ2v) is 8.07. The molecule has 2 aliphatic heterocycles. The number of halogens is 2. The van der Waals surface area contributed by atoms with Crippen LogP contribution < -0.4 is 4.74 Å². The van der Waals surface area contributed by atoms with E-state index in [0.717, 1.165) is 5.56 Å². The largest absolute Gasteiger partial charge is 0.486 e. The van der Waals surface area contributed by atoms with Gasteiger partial charge < -0.3 is 9.64 Å². The van der Waals surface area contributed by atoms with Gasteiger partial charge in [0.25, 0.3) is 5.91 Å². The van der Waals surface area contributed by atoms with Crippen LogP contribution in [-0.2, 0) is 0 Å². The minimum Gasteiger partial charge on any atom is -0.486 e. The maximum Gasteiger partial charge on any atom is 0.255 e. The molecule has 0 radical (unpaired) electrons. The predicted octanol–water partition coefficient (Wildman–Crippen LogP) is 4.94. The maximum atomic E-state index is 12.8. The van der Waals surface area contributed by atoms with E-state index in [1.807, 2.05) is 13.0 Å². The fourth-order valence-electron chi connectivity index (χ4n) is 3.82. The summed E-state index contributed by atoms with van der Waals surface area (Å²) in [6.07, 6.45) is 1.53. The van der Waals surface area contributed by atoms with E-state index in [1.165, 1.54) is 0 Å². The molecular formula is C21H19Cl2NO3. The average molecular weight is 404 g/mol. The first kappa shape index (κ1) is 18.3. The molecule has 0 bridgehead atoms. The van der Waals surface area contributed by atoms with Crippen molar-refractivity contribution in [2.24, 2.45) is 0 Å². The Labute approximate surface area is 168 Å². The zero-order chi connectivity index (χ0) is 19.2. The van der Waals surface area contributed by atoms with Crippen molar-refractivity contribution in [1.82, 2.24) is 4.90 Å². The molecule has 1 spiro atoms. The first-order valence-electron chi connectivity index (χ1n) is 8.95. The van der Waals surface area contributed by atoms with Gasteiger partial charge in [0.2, 0.25) is 0 Å². The summed E-state index contributed by atoms with van der Waals surface area (Å²) < 4.78 is 6.28. The highest BCUT2D eigenvalue weighted by Crippen LogP contribution is 2.41. The Kier molecular flexibility index (Phi) is 4.65. The van der Waals surface area contributed by atoms with E-state index in [-0.39, 0.29) is 11.7 Å². The number of benzene rings is 2. The topological polar surface area (TPSA) is 46.6 Å². The molecule has 27 heavy (non-hydrogen) atoms. The fourth-order valence-corrected chi connectivity index (χ4v) is 4.20. The molecule has 1 amide bonds. The molecule has 0 N–H and O–H groups in total. The van der Waals surface area contributed by atoms with E-state index in [0.29, 0.717) is 59.3 Å². The molecule has 6 heteroatoms. The fraction of sp³-hybridized carbons (Fsp3) is 0.333. The lowest BCUT2D eigenvalue weighted by molar-refractivity contribution is -0.00572. The highest BCUT2D eigenvalue weighted by Gasteiger charge is 2.44. The first-order chi connectivity index (χ1) is 12.9. The van der Waals surface area contributed by atoms with Crippen LogP contribution in [-0.4, -0.2) is 35.3 Å². The van der Waals surface area contributed by atoms with Gasteiger partial charge in [-0.15, -0.1) is 0 Å². The van der Waals surface area contributed by atoms with Crippen molar-refractivity contribution in [2.45, 2.75) is 31.8 Å². The van der Waals surface area contributed by atoms with Crippen molar-refractivity contribution in [1.29, 1.82) is 0 Å². The molecule has 0 aliphatic carbocycles. The number of carbonyl (C=O) groups excluding carboxylic acids is 2. The quantitative estimate of drug-likeness (QED) is 0.676. The van der Waals surface area contributed by atoms with Gasteiger partial charge in [0.1, 0.15) is 11.4 Å². The van der Waals surface area contributed by atoms with Gasteiger partial charge in [-0.1, -0.05) is 35.3 Å². The van der Waals surface area contributed by atoms with Crippen molar-refractivity contribution in [3.63, 3.8) is 0 Å². The van der Waals surface area contributed by atoms with Gasteiger partial charge >= 0.3 is 0 Å². The summed E-state index contributed by atoms with van der Waals surface area (Å²) in [6.45, 7) is 2.95. The van der Waals surface area contributed by atoms with E-state index in [1.54, 1.807) is 35.2 Å². The van der Waals surface area contributed by atoms with Crippen LogP contribution in [0.2, 0.25) is 10.0 Å². The Morgan fingerprint density at radius 2 is 1.81 bits per heavy atom. The summed E-state index contributed by atoms with van der Waals surface area (Å²) in [7, 11) is 0.